The maximum absolute atomic E-state index is 9.81. The minimum absolute atomic E-state index is 0.105. The Hall–Kier alpha value is -1.65. The van der Waals surface area contributed by atoms with Gasteiger partial charge in [-0.15, -0.1) is 0 Å². The van der Waals surface area contributed by atoms with Gasteiger partial charge in [-0.05, 0) is 49.2 Å². The fraction of sp³-hybridized carbons (Fsp3) is 0.471. The molecule has 3 saturated heterocycles. The van der Waals surface area contributed by atoms with Gasteiger partial charge in [-0.25, -0.2) is 0 Å². The smallest absolute Gasteiger partial charge is 0.116 e. The lowest BCUT2D eigenvalue weighted by Gasteiger charge is -2.40. The van der Waals surface area contributed by atoms with Crippen molar-refractivity contribution in [3.05, 3.63) is 36.0 Å². The van der Waals surface area contributed by atoms with E-state index in [0.717, 1.165) is 17.5 Å². The molecule has 3 aliphatic heterocycles. The summed E-state index contributed by atoms with van der Waals surface area (Å²) in [6.07, 6.45) is 4.49. The number of rotatable bonds is 1. The van der Waals surface area contributed by atoms with Crippen LogP contribution in [-0.4, -0.2) is 40.7 Å². The normalized spacial score (nSPS) is 37.2. The molecule has 0 radical (unpaired) electrons. The number of pyridine rings is 1. The van der Waals surface area contributed by atoms with Crippen LogP contribution in [0.3, 0.4) is 0 Å². The Kier molecular flexibility index (Phi) is 2.25. The van der Waals surface area contributed by atoms with Crippen LogP contribution in [0.25, 0.3) is 10.9 Å². The minimum atomic E-state index is 0.105. The summed E-state index contributed by atoms with van der Waals surface area (Å²) in [7, 11) is 0. The number of phenols is 1. The fourth-order valence-corrected chi connectivity index (χ4v) is 4.55. The van der Waals surface area contributed by atoms with Crippen LogP contribution in [-0.2, 0) is 4.74 Å². The Morgan fingerprint density at radius 2 is 2.29 bits per heavy atom. The summed E-state index contributed by atoms with van der Waals surface area (Å²) < 4.78 is 6.27. The predicted octanol–water partition coefficient (Wildman–Crippen LogP) is 2.48. The van der Waals surface area contributed by atoms with Crippen molar-refractivity contribution in [3.8, 4) is 5.75 Å². The number of fused-ring (bicyclic) bond motifs is 4. The van der Waals surface area contributed by atoms with Gasteiger partial charge in [0.05, 0.1) is 18.2 Å². The molecule has 1 spiro atoms. The first-order chi connectivity index (χ1) is 10.2. The zero-order valence-electron chi connectivity index (χ0n) is 11.8. The maximum atomic E-state index is 9.81. The first-order valence-corrected chi connectivity index (χ1v) is 7.67. The van der Waals surface area contributed by atoms with Gasteiger partial charge < -0.3 is 9.84 Å². The molecule has 21 heavy (non-hydrogen) atoms. The maximum Gasteiger partial charge on any atom is 0.116 e. The van der Waals surface area contributed by atoms with E-state index in [1.807, 2.05) is 18.3 Å². The second-order valence-electron chi connectivity index (χ2n) is 6.83. The summed E-state index contributed by atoms with van der Waals surface area (Å²) in [5.41, 5.74) is 2.52. The highest BCUT2D eigenvalue weighted by Crippen LogP contribution is 2.53. The van der Waals surface area contributed by atoms with Crippen LogP contribution < -0.4 is 0 Å². The third kappa shape index (κ3) is 1.60. The first-order valence-electron chi connectivity index (χ1n) is 7.67. The molecule has 1 aromatic heterocycles. The standard InChI is InChI=1S/C17H18N2O2/c20-11-1-2-14-13(7-11)12(3-5-18-14)16-15-8-17(10-21-16)4-6-19(15)9-17/h1-3,5,7,15-16,20H,4,6,8-10H2/t15?,16-,17?/m0/s1. The highest BCUT2D eigenvalue weighted by atomic mass is 16.5. The van der Waals surface area contributed by atoms with Crippen LogP contribution in [0.15, 0.2) is 30.5 Å². The van der Waals surface area contributed by atoms with Crippen molar-refractivity contribution in [2.24, 2.45) is 5.41 Å². The van der Waals surface area contributed by atoms with Crippen molar-refractivity contribution in [3.63, 3.8) is 0 Å². The molecular formula is C17H18N2O2. The molecule has 0 amide bonds. The Morgan fingerprint density at radius 1 is 1.33 bits per heavy atom. The molecule has 1 aromatic carbocycles. The van der Waals surface area contributed by atoms with Gasteiger partial charge >= 0.3 is 0 Å². The number of ether oxygens (including phenoxy) is 1. The van der Waals surface area contributed by atoms with E-state index in [0.29, 0.717) is 11.5 Å². The van der Waals surface area contributed by atoms with Crippen LogP contribution in [0, 0.1) is 5.41 Å². The van der Waals surface area contributed by atoms with Gasteiger partial charge in [0.2, 0.25) is 0 Å². The number of hydrogen-bond acceptors (Lipinski definition) is 4. The molecule has 3 unspecified atom stereocenters. The number of nitrogens with zero attached hydrogens (tertiary/aromatic N) is 2. The summed E-state index contributed by atoms with van der Waals surface area (Å²) in [6.45, 7) is 3.27. The summed E-state index contributed by atoms with van der Waals surface area (Å²) in [6, 6.07) is 7.92. The summed E-state index contributed by atoms with van der Waals surface area (Å²) >= 11 is 0. The fourth-order valence-electron chi connectivity index (χ4n) is 4.55. The van der Waals surface area contributed by atoms with Gasteiger partial charge in [0.1, 0.15) is 5.75 Å². The number of hydrogen-bond donors (Lipinski definition) is 1. The Balaban J connectivity index is 1.63. The second kappa shape index (κ2) is 3.96. The number of aromatic nitrogens is 1. The largest absolute Gasteiger partial charge is 0.508 e. The van der Waals surface area contributed by atoms with E-state index in [-0.39, 0.29) is 11.9 Å². The molecule has 4 heterocycles. The topological polar surface area (TPSA) is 45.6 Å². The lowest BCUT2D eigenvalue weighted by molar-refractivity contribution is -0.0726. The number of benzene rings is 1. The average molecular weight is 282 g/mol. The molecule has 0 saturated carbocycles. The Bertz CT molecular complexity index is 732. The van der Waals surface area contributed by atoms with Crippen LogP contribution in [0.4, 0.5) is 0 Å². The third-order valence-electron chi connectivity index (χ3n) is 5.56. The zero-order valence-corrected chi connectivity index (χ0v) is 11.8. The number of piperidine rings is 1. The SMILES string of the molecule is Oc1ccc2nccc([C@@H]3OCC45CCN(C4)C3C5)c2c1. The van der Waals surface area contributed by atoms with Crippen molar-refractivity contribution < 1.29 is 9.84 Å². The summed E-state index contributed by atoms with van der Waals surface area (Å²) in [5, 5.41) is 10.8. The van der Waals surface area contributed by atoms with Gasteiger partial charge in [0, 0.05) is 29.6 Å². The van der Waals surface area contributed by atoms with Crippen molar-refractivity contribution in [1.29, 1.82) is 0 Å². The van der Waals surface area contributed by atoms with Gasteiger partial charge in [-0.3, -0.25) is 9.88 Å². The van der Waals surface area contributed by atoms with Crippen molar-refractivity contribution in [2.75, 3.05) is 19.7 Å². The third-order valence-corrected chi connectivity index (χ3v) is 5.56. The molecule has 1 N–H and O–H groups in total. The minimum Gasteiger partial charge on any atom is -0.508 e. The molecule has 0 aliphatic carbocycles. The van der Waals surface area contributed by atoms with E-state index >= 15 is 0 Å². The van der Waals surface area contributed by atoms with Crippen LogP contribution in [0.2, 0.25) is 0 Å². The average Bonchev–Trinajstić information content (AvgIpc) is 3.02. The molecule has 4 nitrogen and oxygen atoms in total. The summed E-state index contributed by atoms with van der Waals surface area (Å²) in [4.78, 5) is 7.00. The Morgan fingerprint density at radius 3 is 3.24 bits per heavy atom. The van der Waals surface area contributed by atoms with Gasteiger partial charge in [0.25, 0.3) is 0 Å². The first kappa shape index (κ1) is 12.0. The van der Waals surface area contributed by atoms with Crippen molar-refractivity contribution >= 4 is 10.9 Å². The van der Waals surface area contributed by atoms with E-state index in [4.69, 9.17) is 4.74 Å². The zero-order chi connectivity index (χ0) is 14.0. The van der Waals surface area contributed by atoms with Crippen molar-refractivity contribution in [1.82, 2.24) is 9.88 Å². The molecule has 3 bridgehead atoms. The molecule has 4 atom stereocenters. The van der Waals surface area contributed by atoms with E-state index < -0.39 is 0 Å². The van der Waals surface area contributed by atoms with E-state index in [1.165, 1.54) is 31.5 Å². The van der Waals surface area contributed by atoms with Crippen LogP contribution in [0.1, 0.15) is 24.5 Å². The number of phenolic OH excluding ortho intramolecular Hbond substituents is 1. The molecule has 5 rings (SSSR count). The highest BCUT2D eigenvalue weighted by molar-refractivity contribution is 5.83. The van der Waals surface area contributed by atoms with Gasteiger partial charge in [-0.2, -0.15) is 0 Å². The molecular weight excluding hydrogens is 264 g/mol. The predicted molar refractivity (Wildman–Crippen MR) is 79.1 cm³/mol. The quantitative estimate of drug-likeness (QED) is 0.873. The van der Waals surface area contributed by atoms with Crippen molar-refractivity contribution in [2.45, 2.75) is 25.0 Å². The van der Waals surface area contributed by atoms with Crippen LogP contribution in [0.5, 0.6) is 5.75 Å². The van der Waals surface area contributed by atoms with Crippen LogP contribution >= 0.6 is 0 Å². The van der Waals surface area contributed by atoms with E-state index in [1.54, 1.807) is 6.07 Å². The highest BCUT2D eigenvalue weighted by Gasteiger charge is 2.55. The Labute approximate surface area is 123 Å². The lowest BCUT2D eigenvalue weighted by Crippen LogP contribution is -2.42. The molecule has 108 valence electrons. The van der Waals surface area contributed by atoms with E-state index in [2.05, 4.69) is 16.0 Å². The van der Waals surface area contributed by atoms with E-state index in [9.17, 15) is 5.11 Å². The van der Waals surface area contributed by atoms with Gasteiger partial charge in [0.15, 0.2) is 0 Å². The lowest BCUT2D eigenvalue weighted by atomic mass is 9.78. The summed E-state index contributed by atoms with van der Waals surface area (Å²) in [5.74, 6) is 0.289. The monoisotopic (exact) mass is 282 g/mol. The number of aromatic hydroxyl groups is 1. The molecule has 3 fully saturated rings. The molecule has 3 aliphatic rings. The molecule has 2 aromatic rings. The molecule has 4 heteroatoms. The second-order valence-corrected chi connectivity index (χ2v) is 6.83. The van der Waals surface area contributed by atoms with Gasteiger partial charge in [-0.1, -0.05) is 0 Å².